The highest BCUT2D eigenvalue weighted by Crippen LogP contribution is 2.14. The number of nitrogens with two attached hydrogens (primary N) is 2. The van der Waals surface area contributed by atoms with Crippen molar-refractivity contribution in [3.05, 3.63) is 29.8 Å². The molecule has 0 aliphatic carbocycles. The lowest BCUT2D eigenvalue weighted by Gasteiger charge is -2.17. The van der Waals surface area contributed by atoms with E-state index in [0.29, 0.717) is 12.2 Å². The lowest BCUT2D eigenvalue weighted by Crippen LogP contribution is -2.33. The normalized spacial score (nSPS) is 15.6. The molecule has 0 saturated heterocycles. The van der Waals surface area contributed by atoms with E-state index in [1.54, 1.807) is 4.90 Å². The van der Waals surface area contributed by atoms with Gasteiger partial charge in [-0.2, -0.15) is 4.99 Å². The van der Waals surface area contributed by atoms with E-state index in [9.17, 15) is 4.79 Å². The fraction of sp³-hybridized carbons (Fsp3) is 0.200. The minimum Gasteiger partial charge on any atom is -0.398 e. The van der Waals surface area contributed by atoms with Crippen LogP contribution in [0.2, 0.25) is 0 Å². The van der Waals surface area contributed by atoms with Crippen LogP contribution in [-0.4, -0.2) is 23.3 Å². The van der Waals surface area contributed by atoms with E-state index in [-0.39, 0.29) is 18.4 Å². The topological polar surface area (TPSA) is 84.7 Å². The van der Waals surface area contributed by atoms with Gasteiger partial charge in [-0.25, -0.2) is 0 Å². The van der Waals surface area contributed by atoms with Crippen molar-refractivity contribution >= 4 is 17.6 Å². The minimum absolute atomic E-state index is 0.206. The van der Waals surface area contributed by atoms with Gasteiger partial charge in [-0.1, -0.05) is 18.2 Å². The van der Waals surface area contributed by atoms with Crippen molar-refractivity contribution in [3.63, 3.8) is 0 Å². The number of carbonyl (C=O) groups excluding carboxylic acids is 1. The Hall–Kier alpha value is -2.04. The summed E-state index contributed by atoms with van der Waals surface area (Å²) < 4.78 is 0. The first-order valence-corrected chi connectivity index (χ1v) is 4.62. The smallest absolute Gasteiger partial charge is 0.268 e. The third kappa shape index (κ3) is 1.90. The molecular formula is C10H12N4O. The van der Waals surface area contributed by atoms with Crippen molar-refractivity contribution in [2.24, 2.45) is 10.7 Å². The van der Waals surface area contributed by atoms with Crippen LogP contribution in [0, 0.1) is 0 Å². The van der Waals surface area contributed by atoms with Crippen LogP contribution in [0.25, 0.3) is 0 Å². The zero-order valence-electron chi connectivity index (χ0n) is 8.18. The molecule has 2 rings (SSSR count). The SMILES string of the molecule is NC1=NC(=O)CN1Cc1ccccc1N. The Morgan fingerprint density at radius 3 is 2.67 bits per heavy atom. The van der Waals surface area contributed by atoms with Gasteiger partial charge in [0.1, 0.15) is 6.54 Å². The second-order valence-corrected chi connectivity index (χ2v) is 3.42. The lowest BCUT2D eigenvalue weighted by molar-refractivity contribution is -0.117. The molecule has 15 heavy (non-hydrogen) atoms. The van der Waals surface area contributed by atoms with Gasteiger partial charge >= 0.3 is 0 Å². The monoisotopic (exact) mass is 204 g/mol. The molecule has 0 atom stereocenters. The molecule has 1 aliphatic heterocycles. The minimum atomic E-state index is -0.206. The Balaban J connectivity index is 2.14. The van der Waals surface area contributed by atoms with Crippen LogP contribution >= 0.6 is 0 Å². The first-order valence-electron chi connectivity index (χ1n) is 4.62. The largest absolute Gasteiger partial charge is 0.398 e. The maximum Gasteiger partial charge on any atom is 0.268 e. The van der Waals surface area contributed by atoms with Gasteiger partial charge in [0.2, 0.25) is 0 Å². The molecule has 1 heterocycles. The van der Waals surface area contributed by atoms with Gasteiger partial charge in [-0.05, 0) is 11.6 Å². The van der Waals surface area contributed by atoms with Crippen LogP contribution < -0.4 is 11.5 Å². The molecule has 0 aromatic heterocycles. The quantitative estimate of drug-likeness (QED) is 0.660. The third-order valence-electron chi connectivity index (χ3n) is 2.31. The Labute approximate surface area is 87.4 Å². The molecule has 1 amide bonds. The van der Waals surface area contributed by atoms with Crippen LogP contribution in [0.15, 0.2) is 29.3 Å². The number of amides is 1. The fourth-order valence-corrected chi connectivity index (χ4v) is 1.50. The molecule has 1 aliphatic rings. The number of aliphatic imine (C=N–C) groups is 1. The van der Waals surface area contributed by atoms with Crippen LogP contribution in [0.1, 0.15) is 5.56 Å². The van der Waals surface area contributed by atoms with E-state index in [2.05, 4.69) is 4.99 Å². The summed E-state index contributed by atoms with van der Waals surface area (Å²) in [7, 11) is 0. The molecular weight excluding hydrogens is 192 g/mol. The van der Waals surface area contributed by atoms with Crippen molar-refractivity contribution in [1.29, 1.82) is 0 Å². The van der Waals surface area contributed by atoms with E-state index >= 15 is 0 Å². The maximum absolute atomic E-state index is 11.0. The molecule has 0 spiro atoms. The summed E-state index contributed by atoms with van der Waals surface area (Å²) in [5.41, 5.74) is 13.0. The highest BCUT2D eigenvalue weighted by atomic mass is 16.2. The Bertz CT molecular complexity index is 427. The summed E-state index contributed by atoms with van der Waals surface area (Å²) in [5, 5.41) is 0. The summed E-state index contributed by atoms with van der Waals surface area (Å²) in [6, 6.07) is 7.49. The molecule has 0 bridgehead atoms. The van der Waals surface area contributed by atoms with E-state index in [0.717, 1.165) is 5.56 Å². The van der Waals surface area contributed by atoms with E-state index in [1.807, 2.05) is 24.3 Å². The highest BCUT2D eigenvalue weighted by molar-refractivity contribution is 5.99. The lowest BCUT2D eigenvalue weighted by atomic mass is 10.2. The molecule has 0 radical (unpaired) electrons. The van der Waals surface area contributed by atoms with Gasteiger partial charge in [0.15, 0.2) is 5.96 Å². The molecule has 78 valence electrons. The first-order chi connectivity index (χ1) is 7.16. The zero-order valence-corrected chi connectivity index (χ0v) is 8.18. The second-order valence-electron chi connectivity index (χ2n) is 3.42. The van der Waals surface area contributed by atoms with Crippen LogP contribution in [0.3, 0.4) is 0 Å². The number of guanidine groups is 1. The van der Waals surface area contributed by atoms with E-state index in [1.165, 1.54) is 0 Å². The molecule has 0 saturated carbocycles. The number of benzene rings is 1. The molecule has 5 heteroatoms. The van der Waals surface area contributed by atoms with Crippen LogP contribution in [0.5, 0.6) is 0 Å². The average Bonchev–Trinajstić information content (AvgIpc) is 2.49. The number of hydrogen-bond acceptors (Lipinski definition) is 4. The maximum atomic E-state index is 11.0. The predicted molar refractivity (Wildman–Crippen MR) is 57.9 cm³/mol. The first kappa shape index (κ1) is 9.51. The molecule has 4 N–H and O–H groups in total. The number of rotatable bonds is 2. The van der Waals surface area contributed by atoms with E-state index < -0.39 is 0 Å². The summed E-state index contributed by atoms with van der Waals surface area (Å²) in [6.45, 7) is 0.758. The second kappa shape index (κ2) is 3.61. The van der Waals surface area contributed by atoms with Gasteiger partial charge in [0.25, 0.3) is 5.91 Å². The van der Waals surface area contributed by atoms with E-state index in [4.69, 9.17) is 11.5 Å². The third-order valence-corrected chi connectivity index (χ3v) is 2.31. The summed E-state index contributed by atoms with van der Waals surface area (Å²) >= 11 is 0. The van der Waals surface area contributed by atoms with Gasteiger partial charge in [-0.3, -0.25) is 4.79 Å². The Morgan fingerprint density at radius 2 is 2.07 bits per heavy atom. The standard InChI is InChI=1S/C10H12N4O/c11-8-4-2-1-3-7(8)5-14-6-9(15)13-10(14)12/h1-4H,5-6,11H2,(H2,12,13,15). The number of hydrogen-bond donors (Lipinski definition) is 2. The molecule has 0 fully saturated rings. The van der Waals surface area contributed by atoms with Crippen molar-refractivity contribution < 1.29 is 4.79 Å². The zero-order chi connectivity index (χ0) is 10.8. The van der Waals surface area contributed by atoms with Gasteiger partial charge in [-0.15, -0.1) is 0 Å². The summed E-state index contributed by atoms with van der Waals surface area (Å²) in [5.74, 6) is 0.0604. The van der Waals surface area contributed by atoms with Crippen molar-refractivity contribution in [2.75, 3.05) is 12.3 Å². The fourth-order valence-electron chi connectivity index (χ4n) is 1.50. The summed E-state index contributed by atoms with van der Waals surface area (Å²) in [6.07, 6.45) is 0. The molecule has 0 unspecified atom stereocenters. The molecule has 1 aromatic rings. The number of nitrogen functional groups attached to an aromatic ring is 1. The average molecular weight is 204 g/mol. The highest BCUT2D eigenvalue weighted by Gasteiger charge is 2.20. The number of carbonyl (C=O) groups is 1. The Morgan fingerprint density at radius 1 is 1.33 bits per heavy atom. The van der Waals surface area contributed by atoms with Crippen molar-refractivity contribution in [1.82, 2.24) is 4.90 Å². The predicted octanol–water partition coefficient (Wildman–Crippen LogP) is -0.0743. The van der Waals surface area contributed by atoms with Crippen LogP contribution in [0.4, 0.5) is 5.69 Å². The van der Waals surface area contributed by atoms with Crippen molar-refractivity contribution in [3.8, 4) is 0 Å². The Kier molecular flexibility index (Phi) is 2.29. The van der Waals surface area contributed by atoms with Crippen molar-refractivity contribution in [2.45, 2.75) is 6.54 Å². The number of para-hydroxylation sites is 1. The van der Waals surface area contributed by atoms with Gasteiger partial charge < -0.3 is 16.4 Å². The summed E-state index contributed by atoms with van der Waals surface area (Å²) in [4.78, 5) is 16.3. The number of anilines is 1. The molecule has 5 nitrogen and oxygen atoms in total. The van der Waals surface area contributed by atoms with Crippen LogP contribution in [-0.2, 0) is 11.3 Å². The molecule has 1 aromatic carbocycles. The van der Waals surface area contributed by atoms with Gasteiger partial charge in [0, 0.05) is 12.2 Å². The van der Waals surface area contributed by atoms with Gasteiger partial charge in [0.05, 0.1) is 0 Å². The number of nitrogens with zero attached hydrogens (tertiary/aromatic N) is 2.